The predicted octanol–water partition coefficient (Wildman–Crippen LogP) is 2.87. The maximum atomic E-state index is 11.2. The van der Waals surface area contributed by atoms with E-state index in [1.807, 2.05) is 38.1 Å². The number of nitrogens with one attached hydrogen (secondary N) is 1. The summed E-state index contributed by atoms with van der Waals surface area (Å²) in [6, 6.07) is 7.58. The molecule has 0 aliphatic rings. The van der Waals surface area contributed by atoms with Crippen LogP contribution in [0.15, 0.2) is 33.3 Å². The number of rotatable bonds is 3. The van der Waals surface area contributed by atoms with Gasteiger partial charge in [-0.3, -0.25) is 4.79 Å². The van der Waals surface area contributed by atoms with E-state index in [-0.39, 0.29) is 5.91 Å². The first kappa shape index (κ1) is 13.7. The summed E-state index contributed by atoms with van der Waals surface area (Å²) in [4.78, 5) is 15.5. The molecule has 0 unspecified atom stereocenters. The molecule has 0 aliphatic carbocycles. The average Bonchev–Trinajstić information content (AvgIpc) is 2.77. The number of carbonyl (C=O) groups excluding carboxylic acids is 1. The van der Waals surface area contributed by atoms with E-state index in [9.17, 15) is 4.79 Å². The lowest BCUT2D eigenvalue weighted by Gasteiger charge is -2.20. The molecule has 1 amide bonds. The molecule has 1 N–H and O–H groups in total. The number of amides is 1. The third kappa shape index (κ3) is 3.01. The summed E-state index contributed by atoms with van der Waals surface area (Å²) in [6.07, 6.45) is 0. The fraction of sp³-hybridized carbons (Fsp3) is 0.308. The van der Waals surface area contributed by atoms with E-state index in [0.717, 1.165) is 10.0 Å². The van der Waals surface area contributed by atoms with E-state index in [1.165, 1.54) is 6.92 Å². The Balaban J connectivity index is 2.34. The molecule has 2 aromatic rings. The van der Waals surface area contributed by atoms with Crippen molar-refractivity contribution in [1.82, 2.24) is 15.5 Å². The molecule has 0 spiro atoms. The van der Waals surface area contributed by atoms with Gasteiger partial charge < -0.3 is 9.84 Å². The first-order valence-corrected chi connectivity index (χ1v) is 6.57. The molecule has 2 rings (SSSR count). The van der Waals surface area contributed by atoms with E-state index in [2.05, 4.69) is 31.4 Å². The SMILES string of the molecule is CC(=O)NC(C)(C)c1noc(-c2ccccc2Br)n1. The molecular formula is C13H14BrN3O2. The Morgan fingerprint density at radius 1 is 1.37 bits per heavy atom. The fourth-order valence-electron chi connectivity index (χ4n) is 1.72. The zero-order valence-corrected chi connectivity index (χ0v) is 12.5. The highest BCUT2D eigenvalue weighted by atomic mass is 79.9. The van der Waals surface area contributed by atoms with Crippen molar-refractivity contribution in [2.45, 2.75) is 26.3 Å². The Hall–Kier alpha value is -1.69. The minimum atomic E-state index is -0.672. The summed E-state index contributed by atoms with van der Waals surface area (Å²) >= 11 is 3.44. The number of benzene rings is 1. The summed E-state index contributed by atoms with van der Waals surface area (Å²) in [7, 11) is 0. The first-order valence-electron chi connectivity index (χ1n) is 5.78. The smallest absolute Gasteiger partial charge is 0.259 e. The lowest BCUT2D eigenvalue weighted by atomic mass is 10.1. The van der Waals surface area contributed by atoms with Crippen molar-refractivity contribution in [1.29, 1.82) is 0 Å². The van der Waals surface area contributed by atoms with E-state index in [4.69, 9.17) is 4.52 Å². The maximum absolute atomic E-state index is 11.2. The molecule has 6 heteroatoms. The summed E-state index contributed by atoms with van der Waals surface area (Å²) < 4.78 is 6.13. The van der Waals surface area contributed by atoms with E-state index in [0.29, 0.717) is 11.7 Å². The first-order chi connectivity index (χ1) is 8.90. The molecule has 0 saturated carbocycles. The Morgan fingerprint density at radius 2 is 2.05 bits per heavy atom. The highest BCUT2D eigenvalue weighted by Crippen LogP contribution is 2.28. The Labute approximate surface area is 119 Å². The molecule has 0 radical (unpaired) electrons. The molecule has 19 heavy (non-hydrogen) atoms. The molecule has 0 atom stereocenters. The molecule has 1 aromatic heterocycles. The van der Waals surface area contributed by atoms with Crippen molar-refractivity contribution >= 4 is 21.8 Å². The van der Waals surface area contributed by atoms with Crippen LogP contribution < -0.4 is 5.32 Å². The van der Waals surface area contributed by atoms with Crippen LogP contribution in [0.4, 0.5) is 0 Å². The van der Waals surface area contributed by atoms with Crippen LogP contribution in [-0.4, -0.2) is 16.0 Å². The Kier molecular flexibility index (Phi) is 3.71. The van der Waals surface area contributed by atoms with Crippen LogP contribution in [0.1, 0.15) is 26.6 Å². The van der Waals surface area contributed by atoms with Crippen molar-refractivity contribution in [3.05, 3.63) is 34.6 Å². The number of hydrogen-bond acceptors (Lipinski definition) is 4. The van der Waals surface area contributed by atoms with Crippen molar-refractivity contribution in [2.24, 2.45) is 0 Å². The van der Waals surface area contributed by atoms with Gasteiger partial charge in [0.2, 0.25) is 5.91 Å². The minimum absolute atomic E-state index is 0.141. The van der Waals surface area contributed by atoms with Gasteiger partial charge in [-0.15, -0.1) is 0 Å². The van der Waals surface area contributed by atoms with Gasteiger partial charge in [-0.2, -0.15) is 4.98 Å². The summed E-state index contributed by atoms with van der Waals surface area (Å²) in [5.74, 6) is 0.714. The average molecular weight is 324 g/mol. The number of halogens is 1. The molecule has 5 nitrogen and oxygen atoms in total. The molecule has 0 aliphatic heterocycles. The quantitative estimate of drug-likeness (QED) is 0.943. The Bertz CT molecular complexity index is 607. The number of carbonyl (C=O) groups is 1. The van der Waals surface area contributed by atoms with Gasteiger partial charge in [0.15, 0.2) is 5.82 Å². The summed E-state index contributed by atoms with van der Waals surface area (Å²) in [6.45, 7) is 5.10. The standard InChI is InChI=1S/C13H14BrN3O2/c1-8(18)16-13(2,3)12-15-11(19-17-12)9-6-4-5-7-10(9)14/h4-7H,1-3H3,(H,16,18). The van der Waals surface area contributed by atoms with Crippen LogP contribution in [0.5, 0.6) is 0 Å². The number of aromatic nitrogens is 2. The predicted molar refractivity (Wildman–Crippen MR) is 74.3 cm³/mol. The maximum Gasteiger partial charge on any atom is 0.259 e. The third-order valence-corrected chi connectivity index (χ3v) is 3.27. The van der Waals surface area contributed by atoms with Gasteiger partial charge in [0.1, 0.15) is 0 Å². The second kappa shape index (κ2) is 5.13. The van der Waals surface area contributed by atoms with E-state index >= 15 is 0 Å². The summed E-state index contributed by atoms with van der Waals surface area (Å²) in [5.41, 5.74) is 0.148. The van der Waals surface area contributed by atoms with Gasteiger partial charge in [-0.25, -0.2) is 0 Å². The molecule has 100 valence electrons. The minimum Gasteiger partial charge on any atom is -0.344 e. The molecule has 0 fully saturated rings. The largest absolute Gasteiger partial charge is 0.344 e. The zero-order valence-electron chi connectivity index (χ0n) is 10.9. The second-order valence-corrected chi connectivity index (χ2v) is 5.56. The zero-order chi connectivity index (χ0) is 14.0. The van der Waals surface area contributed by atoms with Gasteiger partial charge in [0.25, 0.3) is 5.89 Å². The second-order valence-electron chi connectivity index (χ2n) is 4.71. The number of hydrogen-bond donors (Lipinski definition) is 1. The topological polar surface area (TPSA) is 68.0 Å². The molecule has 0 saturated heterocycles. The van der Waals surface area contributed by atoms with Gasteiger partial charge in [0.05, 0.1) is 11.1 Å². The molecule has 1 heterocycles. The van der Waals surface area contributed by atoms with Crippen molar-refractivity contribution in [3.8, 4) is 11.5 Å². The van der Waals surface area contributed by atoms with Crippen LogP contribution in [0.25, 0.3) is 11.5 Å². The third-order valence-electron chi connectivity index (χ3n) is 2.58. The van der Waals surface area contributed by atoms with Crippen LogP contribution in [-0.2, 0) is 10.3 Å². The van der Waals surface area contributed by atoms with Gasteiger partial charge in [-0.05, 0) is 41.9 Å². The van der Waals surface area contributed by atoms with Crippen LogP contribution >= 0.6 is 15.9 Å². The summed E-state index contributed by atoms with van der Waals surface area (Å²) in [5, 5.41) is 6.72. The van der Waals surface area contributed by atoms with Crippen molar-refractivity contribution in [2.75, 3.05) is 0 Å². The van der Waals surface area contributed by atoms with Crippen LogP contribution in [0.3, 0.4) is 0 Å². The van der Waals surface area contributed by atoms with Crippen molar-refractivity contribution in [3.63, 3.8) is 0 Å². The normalized spacial score (nSPS) is 11.4. The molecule has 0 bridgehead atoms. The van der Waals surface area contributed by atoms with Crippen LogP contribution in [0.2, 0.25) is 0 Å². The monoisotopic (exact) mass is 323 g/mol. The molecular weight excluding hydrogens is 310 g/mol. The molecule has 1 aromatic carbocycles. The lowest BCUT2D eigenvalue weighted by Crippen LogP contribution is -2.40. The van der Waals surface area contributed by atoms with Gasteiger partial charge in [0, 0.05) is 11.4 Å². The lowest BCUT2D eigenvalue weighted by molar-refractivity contribution is -0.120. The van der Waals surface area contributed by atoms with Crippen molar-refractivity contribution < 1.29 is 9.32 Å². The van der Waals surface area contributed by atoms with Crippen LogP contribution in [0, 0.1) is 0 Å². The highest BCUT2D eigenvalue weighted by Gasteiger charge is 2.28. The highest BCUT2D eigenvalue weighted by molar-refractivity contribution is 9.10. The van der Waals surface area contributed by atoms with Gasteiger partial charge >= 0.3 is 0 Å². The number of nitrogens with zero attached hydrogens (tertiary/aromatic N) is 2. The van der Waals surface area contributed by atoms with Gasteiger partial charge in [-0.1, -0.05) is 17.3 Å². The van der Waals surface area contributed by atoms with E-state index < -0.39 is 5.54 Å². The van der Waals surface area contributed by atoms with E-state index in [1.54, 1.807) is 0 Å². The Morgan fingerprint density at radius 3 is 2.68 bits per heavy atom. The fourth-order valence-corrected chi connectivity index (χ4v) is 2.17.